The molecule has 0 spiro atoms. The van der Waals surface area contributed by atoms with E-state index in [0.717, 1.165) is 12.5 Å². The lowest BCUT2D eigenvalue weighted by Crippen LogP contribution is -2.27. The number of hydrogen-bond acceptors (Lipinski definition) is 3. The van der Waals surface area contributed by atoms with E-state index in [4.69, 9.17) is 4.74 Å². The van der Waals surface area contributed by atoms with Crippen LogP contribution in [0, 0.1) is 5.92 Å². The number of para-hydroxylation sites is 1. The molecule has 1 fully saturated rings. The Kier molecular flexibility index (Phi) is 4.96. The average molecular weight is 271 g/mol. The molecule has 1 saturated carbocycles. The van der Waals surface area contributed by atoms with Crippen molar-refractivity contribution in [2.75, 3.05) is 13.7 Å². The predicted octanol–water partition coefficient (Wildman–Crippen LogP) is 3.19. The van der Waals surface area contributed by atoms with E-state index in [9.17, 15) is 8.78 Å². The maximum absolute atomic E-state index is 12.4. The summed E-state index contributed by atoms with van der Waals surface area (Å²) < 4.78 is 34.5. The zero-order valence-electron chi connectivity index (χ0n) is 11.0. The Morgan fingerprint density at radius 1 is 1.37 bits per heavy atom. The van der Waals surface area contributed by atoms with Gasteiger partial charge in [0.1, 0.15) is 0 Å². The number of rotatable bonds is 7. The fraction of sp³-hybridized carbons (Fsp3) is 0.571. The number of nitrogens with one attached hydrogen (secondary N) is 1. The first kappa shape index (κ1) is 14.1. The molecule has 0 bridgehead atoms. The molecule has 0 atom stereocenters. The van der Waals surface area contributed by atoms with Gasteiger partial charge in [-0.05, 0) is 31.4 Å². The minimum absolute atomic E-state index is 0.126. The minimum atomic E-state index is -2.85. The maximum atomic E-state index is 12.4. The lowest BCUT2D eigenvalue weighted by Gasteiger charge is -2.25. The fourth-order valence-corrected chi connectivity index (χ4v) is 2.19. The third kappa shape index (κ3) is 3.80. The summed E-state index contributed by atoms with van der Waals surface area (Å²) in [5.74, 6) is 1.19. The second-order valence-electron chi connectivity index (χ2n) is 4.75. The molecule has 1 N–H and O–H groups in total. The van der Waals surface area contributed by atoms with Crippen LogP contribution >= 0.6 is 0 Å². The van der Waals surface area contributed by atoms with Gasteiger partial charge in [0.15, 0.2) is 11.5 Å². The molecule has 0 saturated heterocycles. The van der Waals surface area contributed by atoms with Crippen LogP contribution < -0.4 is 14.8 Å². The first-order valence-corrected chi connectivity index (χ1v) is 6.52. The molecule has 0 aromatic heterocycles. The zero-order chi connectivity index (χ0) is 13.7. The van der Waals surface area contributed by atoms with Gasteiger partial charge in [0.2, 0.25) is 0 Å². The summed E-state index contributed by atoms with van der Waals surface area (Å²) >= 11 is 0. The molecule has 0 aliphatic heterocycles. The third-order valence-corrected chi connectivity index (χ3v) is 3.46. The van der Waals surface area contributed by atoms with Crippen LogP contribution in [0.1, 0.15) is 24.8 Å². The molecule has 1 aliphatic carbocycles. The Labute approximate surface area is 111 Å². The maximum Gasteiger partial charge on any atom is 0.387 e. The van der Waals surface area contributed by atoms with Crippen LogP contribution in [0.2, 0.25) is 0 Å². The number of benzene rings is 1. The van der Waals surface area contributed by atoms with Crippen LogP contribution in [0.4, 0.5) is 8.78 Å². The molecule has 3 nitrogen and oxygen atoms in total. The number of halogens is 2. The van der Waals surface area contributed by atoms with E-state index < -0.39 is 6.61 Å². The second-order valence-corrected chi connectivity index (χ2v) is 4.75. The van der Waals surface area contributed by atoms with Crippen molar-refractivity contribution in [3.63, 3.8) is 0 Å². The van der Waals surface area contributed by atoms with Gasteiger partial charge in [0, 0.05) is 12.1 Å². The highest BCUT2D eigenvalue weighted by atomic mass is 19.3. The molecular formula is C14H19F2NO2. The molecular weight excluding hydrogens is 252 g/mol. The van der Waals surface area contributed by atoms with Crippen LogP contribution in [0.5, 0.6) is 11.5 Å². The first-order valence-electron chi connectivity index (χ1n) is 6.52. The Balaban J connectivity index is 1.99. The Morgan fingerprint density at radius 3 is 2.74 bits per heavy atom. The van der Waals surface area contributed by atoms with Crippen LogP contribution in [-0.2, 0) is 6.54 Å². The summed E-state index contributed by atoms with van der Waals surface area (Å²) in [6.45, 7) is -1.41. The van der Waals surface area contributed by atoms with Crippen molar-refractivity contribution >= 4 is 0 Å². The largest absolute Gasteiger partial charge is 0.493 e. The summed E-state index contributed by atoms with van der Waals surface area (Å²) in [5.41, 5.74) is 0.693. The van der Waals surface area contributed by atoms with Crippen molar-refractivity contribution < 1.29 is 18.3 Å². The Morgan fingerprint density at radius 2 is 2.16 bits per heavy atom. The van der Waals surface area contributed by atoms with E-state index in [1.807, 2.05) is 0 Å². The Hall–Kier alpha value is -1.36. The summed E-state index contributed by atoms with van der Waals surface area (Å²) in [6.07, 6.45) is 3.81. The molecule has 19 heavy (non-hydrogen) atoms. The average Bonchev–Trinajstić information content (AvgIpc) is 2.33. The van der Waals surface area contributed by atoms with Gasteiger partial charge in [-0.15, -0.1) is 0 Å². The quantitative estimate of drug-likeness (QED) is 0.826. The third-order valence-electron chi connectivity index (χ3n) is 3.46. The first-order chi connectivity index (χ1) is 9.20. The summed E-state index contributed by atoms with van der Waals surface area (Å²) in [4.78, 5) is 0. The minimum Gasteiger partial charge on any atom is -0.493 e. The van der Waals surface area contributed by atoms with Gasteiger partial charge in [-0.3, -0.25) is 0 Å². The monoisotopic (exact) mass is 271 g/mol. The second kappa shape index (κ2) is 6.70. The molecule has 5 heteroatoms. The normalized spacial score (nSPS) is 15.4. The van der Waals surface area contributed by atoms with Gasteiger partial charge < -0.3 is 14.8 Å². The smallest absolute Gasteiger partial charge is 0.387 e. The molecule has 2 rings (SSSR count). The molecule has 1 aromatic rings. The van der Waals surface area contributed by atoms with Crippen molar-refractivity contribution in [2.45, 2.75) is 32.4 Å². The standard InChI is InChI=1S/C14H19F2NO2/c1-18-12-7-3-6-11(13(12)19-14(15)16)9-17-8-10-4-2-5-10/h3,6-7,10,14,17H,2,4-5,8-9H2,1H3. The van der Waals surface area contributed by atoms with Crippen LogP contribution in [0.3, 0.4) is 0 Å². The van der Waals surface area contributed by atoms with Crippen LogP contribution in [0.25, 0.3) is 0 Å². The number of hydrogen-bond donors (Lipinski definition) is 1. The van der Waals surface area contributed by atoms with E-state index in [1.54, 1.807) is 18.2 Å². The van der Waals surface area contributed by atoms with Gasteiger partial charge >= 0.3 is 6.61 Å². The number of alkyl halides is 2. The molecule has 0 amide bonds. The highest BCUT2D eigenvalue weighted by Gasteiger charge is 2.18. The van der Waals surface area contributed by atoms with E-state index in [0.29, 0.717) is 17.9 Å². The molecule has 0 heterocycles. The van der Waals surface area contributed by atoms with Crippen molar-refractivity contribution in [3.05, 3.63) is 23.8 Å². The molecule has 0 unspecified atom stereocenters. The van der Waals surface area contributed by atoms with E-state index >= 15 is 0 Å². The SMILES string of the molecule is COc1cccc(CNCC2CCC2)c1OC(F)F. The zero-order valence-corrected chi connectivity index (χ0v) is 11.0. The van der Waals surface area contributed by atoms with Crippen molar-refractivity contribution in [1.82, 2.24) is 5.32 Å². The van der Waals surface area contributed by atoms with Crippen molar-refractivity contribution in [3.8, 4) is 11.5 Å². The Bertz CT molecular complexity index is 408. The highest BCUT2D eigenvalue weighted by molar-refractivity contribution is 5.46. The predicted molar refractivity (Wildman–Crippen MR) is 68.7 cm³/mol. The summed E-state index contributed by atoms with van der Waals surface area (Å²) in [7, 11) is 1.44. The number of methoxy groups -OCH3 is 1. The lowest BCUT2D eigenvalue weighted by atomic mass is 9.85. The lowest BCUT2D eigenvalue weighted by molar-refractivity contribution is -0.0518. The van der Waals surface area contributed by atoms with Gasteiger partial charge in [-0.2, -0.15) is 8.78 Å². The van der Waals surface area contributed by atoms with Crippen molar-refractivity contribution in [1.29, 1.82) is 0 Å². The highest BCUT2D eigenvalue weighted by Crippen LogP contribution is 2.32. The molecule has 106 valence electrons. The van der Waals surface area contributed by atoms with Gasteiger partial charge in [0.05, 0.1) is 7.11 Å². The number of ether oxygens (including phenoxy) is 2. The molecule has 1 aliphatic rings. The van der Waals surface area contributed by atoms with E-state index in [2.05, 4.69) is 10.1 Å². The van der Waals surface area contributed by atoms with Crippen molar-refractivity contribution in [2.24, 2.45) is 5.92 Å². The van der Waals surface area contributed by atoms with Gasteiger partial charge in [0.25, 0.3) is 0 Å². The molecule has 0 radical (unpaired) electrons. The summed E-state index contributed by atoms with van der Waals surface area (Å²) in [6, 6.07) is 5.17. The van der Waals surface area contributed by atoms with Gasteiger partial charge in [-0.1, -0.05) is 18.6 Å². The van der Waals surface area contributed by atoms with Crippen LogP contribution in [0.15, 0.2) is 18.2 Å². The van der Waals surface area contributed by atoms with E-state index in [1.165, 1.54) is 26.4 Å². The van der Waals surface area contributed by atoms with E-state index in [-0.39, 0.29) is 5.75 Å². The van der Waals surface area contributed by atoms with Crippen LogP contribution in [-0.4, -0.2) is 20.3 Å². The topological polar surface area (TPSA) is 30.5 Å². The summed E-state index contributed by atoms with van der Waals surface area (Å²) in [5, 5.41) is 3.29. The van der Waals surface area contributed by atoms with Gasteiger partial charge in [-0.25, -0.2) is 0 Å². The fourth-order valence-electron chi connectivity index (χ4n) is 2.19. The molecule has 1 aromatic carbocycles.